The molecule has 0 bridgehead atoms. The number of aromatic nitrogens is 1. The highest BCUT2D eigenvalue weighted by Gasteiger charge is 2.14. The largest absolute Gasteiger partial charge is 0.249 e. The summed E-state index contributed by atoms with van der Waals surface area (Å²) >= 11 is 1.81. The van der Waals surface area contributed by atoms with Gasteiger partial charge >= 0.3 is 0 Å². The van der Waals surface area contributed by atoms with Gasteiger partial charge in [-0.15, -0.1) is 11.8 Å². The van der Waals surface area contributed by atoms with E-state index in [1.807, 2.05) is 6.20 Å². The Labute approximate surface area is 89.6 Å². The molecular formula is C12H15NS. The fourth-order valence-electron chi connectivity index (χ4n) is 1.58. The van der Waals surface area contributed by atoms with Gasteiger partial charge in [0.05, 0.1) is 5.03 Å². The van der Waals surface area contributed by atoms with Gasteiger partial charge in [-0.2, -0.15) is 0 Å². The molecule has 2 heteroatoms. The van der Waals surface area contributed by atoms with Crippen molar-refractivity contribution < 1.29 is 0 Å². The maximum atomic E-state index is 4.50. The first kappa shape index (κ1) is 9.78. The van der Waals surface area contributed by atoms with E-state index in [9.17, 15) is 0 Å². The lowest BCUT2D eigenvalue weighted by atomic mass is 10.0. The first-order valence-corrected chi connectivity index (χ1v) is 5.93. The summed E-state index contributed by atoms with van der Waals surface area (Å²) in [6, 6.07) is 2.28. The Bertz CT molecular complexity index is 369. The smallest absolute Gasteiger partial charge is 0.0998 e. The van der Waals surface area contributed by atoms with E-state index < -0.39 is 0 Å². The predicted octanol–water partition coefficient (Wildman–Crippen LogP) is 3.41. The summed E-state index contributed by atoms with van der Waals surface area (Å²) in [6.07, 6.45) is 3.01. The topological polar surface area (TPSA) is 12.9 Å². The second kappa shape index (κ2) is 3.77. The third-order valence-electron chi connectivity index (χ3n) is 2.47. The van der Waals surface area contributed by atoms with Gasteiger partial charge in [-0.3, -0.25) is 0 Å². The van der Waals surface area contributed by atoms with Crippen molar-refractivity contribution in [3.05, 3.63) is 35.5 Å². The van der Waals surface area contributed by atoms with Crippen molar-refractivity contribution >= 4 is 11.8 Å². The Morgan fingerprint density at radius 1 is 1.50 bits per heavy atom. The summed E-state index contributed by atoms with van der Waals surface area (Å²) in [5.74, 6) is 1.59. The summed E-state index contributed by atoms with van der Waals surface area (Å²) in [4.78, 5) is 4.50. The highest BCUT2D eigenvalue weighted by Crippen LogP contribution is 2.31. The monoisotopic (exact) mass is 205 g/mol. The van der Waals surface area contributed by atoms with Gasteiger partial charge in [0.15, 0.2) is 0 Å². The van der Waals surface area contributed by atoms with E-state index in [4.69, 9.17) is 0 Å². The van der Waals surface area contributed by atoms with Gasteiger partial charge in [0.25, 0.3) is 0 Å². The zero-order chi connectivity index (χ0) is 10.1. The molecule has 1 aromatic heterocycles. The molecule has 0 N–H and O–H groups in total. The lowest BCUT2D eigenvalue weighted by Gasteiger charge is -2.17. The van der Waals surface area contributed by atoms with E-state index in [-0.39, 0.29) is 0 Å². The van der Waals surface area contributed by atoms with E-state index in [1.54, 1.807) is 11.8 Å². The molecule has 1 aliphatic rings. The van der Waals surface area contributed by atoms with Crippen LogP contribution in [0.5, 0.6) is 0 Å². The summed E-state index contributed by atoms with van der Waals surface area (Å²) in [5.41, 5.74) is 4.00. The normalized spacial score (nSPS) is 15.8. The van der Waals surface area contributed by atoms with Crippen LogP contribution in [0.1, 0.15) is 30.9 Å². The Kier molecular flexibility index (Phi) is 2.64. The van der Waals surface area contributed by atoms with Crippen LogP contribution in [-0.4, -0.2) is 10.7 Å². The fraction of sp³-hybridized carbons (Fsp3) is 0.417. The van der Waals surface area contributed by atoms with Crippen LogP contribution in [0.25, 0.3) is 0 Å². The molecule has 1 aromatic rings. The Balaban J connectivity index is 2.37. The van der Waals surface area contributed by atoms with E-state index in [2.05, 4.69) is 31.5 Å². The average Bonchev–Trinajstić information content (AvgIpc) is 2.16. The molecule has 0 aliphatic carbocycles. The van der Waals surface area contributed by atoms with Crippen molar-refractivity contribution in [1.82, 2.24) is 4.98 Å². The van der Waals surface area contributed by atoms with Gasteiger partial charge in [-0.05, 0) is 23.5 Å². The van der Waals surface area contributed by atoms with Crippen LogP contribution in [0.15, 0.2) is 29.4 Å². The van der Waals surface area contributed by atoms with E-state index >= 15 is 0 Å². The van der Waals surface area contributed by atoms with Crippen LogP contribution in [0, 0.1) is 0 Å². The van der Waals surface area contributed by atoms with Gasteiger partial charge in [-0.25, -0.2) is 4.98 Å². The molecule has 14 heavy (non-hydrogen) atoms. The summed E-state index contributed by atoms with van der Waals surface area (Å²) in [7, 11) is 0. The molecule has 0 spiro atoms. The van der Waals surface area contributed by atoms with Crippen molar-refractivity contribution in [2.75, 3.05) is 5.75 Å². The molecule has 2 heterocycles. The lowest BCUT2D eigenvalue weighted by molar-refractivity contribution is 0.837. The van der Waals surface area contributed by atoms with E-state index in [0.717, 1.165) is 12.2 Å². The van der Waals surface area contributed by atoms with Crippen LogP contribution < -0.4 is 0 Å². The van der Waals surface area contributed by atoms with Gasteiger partial charge in [0.2, 0.25) is 0 Å². The number of pyridine rings is 1. The molecule has 0 amide bonds. The quantitative estimate of drug-likeness (QED) is 0.652. The maximum Gasteiger partial charge on any atom is 0.0998 e. The van der Waals surface area contributed by atoms with Crippen LogP contribution in [-0.2, 0) is 6.42 Å². The van der Waals surface area contributed by atoms with Gasteiger partial charge in [0.1, 0.15) is 0 Å². The number of nitrogens with zero attached hydrogens (tertiary/aromatic N) is 1. The second-order valence-electron chi connectivity index (χ2n) is 4.10. The Hall–Kier alpha value is -0.760. The lowest BCUT2D eigenvalue weighted by Crippen LogP contribution is -2.05. The van der Waals surface area contributed by atoms with Crippen molar-refractivity contribution in [2.45, 2.75) is 31.2 Å². The molecular weight excluding hydrogens is 190 g/mol. The summed E-state index contributed by atoms with van der Waals surface area (Å²) < 4.78 is 0. The van der Waals surface area contributed by atoms with Gasteiger partial charge < -0.3 is 0 Å². The SMILES string of the molecule is C=C1CSc2ncc(C(C)C)cc2C1. The molecule has 0 aromatic carbocycles. The van der Waals surface area contributed by atoms with Crippen molar-refractivity contribution in [3.8, 4) is 0 Å². The number of fused-ring (bicyclic) bond motifs is 1. The molecule has 0 radical (unpaired) electrons. The highest BCUT2D eigenvalue weighted by molar-refractivity contribution is 7.99. The van der Waals surface area contributed by atoms with Crippen molar-refractivity contribution in [2.24, 2.45) is 0 Å². The average molecular weight is 205 g/mol. The minimum absolute atomic E-state index is 0.563. The number of rotatable bonds is 1. The Morgan fingerprint density at radius 3 is 3.00 bits per heavy atom. The fourth-order valence-corrected chi connectivity index (χ4v) is 2.47. The van der Waals surface area contributed by atoms with Crippen LogP contribution in [0.2, 0.25) is 0 Å². The first-order valence-electron chi connectivity index (χ1n) is 4.95. The number of hydrogen-bond acceptors (Lipinski definition) is 2. The molecule has 1 nitrogen and oxygen atoms in total. The standard InChI is InChI=1S/C12H15NS/c1-8(2)11-5-10-4-9(3)7-14-12(10)13-6-11/h5-6,8H,3-4,7H2,1-2H3. The Morgan fingerprint density at radius 2 is 2.29 bits per heavy atom. The minimum atomic E-state index is 0.563. The van der Waals surface area contributed by atoms with E-state index in [1.165, 1.54) is 21.7 Å². The van der Waals surface area contributed by atoms with Crippen molar-refractivity contribution in [1.29, 1.82) is 0 Å². The van der Waals surface area contributed by atoms with Gasteiger partial charge in [-0.1, -0.05) is 32.1 Å². The summed E-state index contributed by atoms with van der Waals surface area (Å²) in [6.45, 7) is 8.44. The van der Waals surface area contributed by atoms with Crippen molar-refractivity contribution in [3.63, 3.8) is 0 Å². The molecule has 0 saturated carbocycles. The second-order valence-corrected chi connectivity index (χ2v) is 5.07. The zero-order valence-corrected chi connectivity index (χ0v) is 9.53. The molecule has 1 aliphatic heterocycles. The molecule has 0 unspecified atom stereocenters. The molecule has 74 valence electrons. The third-order valence-corrected chi connectivity index (χ3v) is 3.66. The third kappa shape index (κ3) is 1.85. The van der Waals surface area contributed by atoms with Crippen LogP contribution >= 0.6 is 11.8 Å². The maximum absolute atomic E-state index is 4.50. The zero-order valence-electron chi connectivity index (χ0n) is 8.71. The van der Waals surface area contributed by atoms with E-state index in [0.29, 0.717) is 5.92 Å². The number of hydrogen-bond donors (Lipinski definition) is 0. The molecule has 0 fully saturated rings. The highest BCUT2D eigenvalue weighted by atomic mass is 32.2. The van der Waals surface area contributed by atoms with Crippen LogP contribution in [0.3, 0.4) is 0 Å². The first-order chi connectivity index (χ1) is 6.66. The molecule has 2 rings (SSSR count). The number of thioether (sulfide) groups is 1. The van der Waals surface area contributed by atoms with Crippen LogP contribution in [0.4, 0.5) is 0 Å². The van der Waals surface area contributed by atoms with Gasteiger partial charge in [0, 0.05) is 11.9 Å². The minimum Gasteiger partial charge on any atom is -0.249 e. The predicted molar refractivity (Wildman–Crippen MR) is 61.9 cm³/mol. The summed E-state index contributed by atoms with van der Waals surface area (Å²) in [5, 5.41) is 1.20. The molecule has 0 saturated heterocycles. The molecule has 0 atom stereocenters.